The van der Waals surface area contributed by atoms with Crippen molar-refractivity contribution in [1.29, 1.82) is 0 Å². The zero-order valence-corrected chi connectivity index (χ0v) is 18.4. The van der Waals surface area contributed by atoms with E-state index in [1.54, 1.807) is 4.90 Å². The molecule has 1 fully saturated rings. The second-order valence-corrected chi connectivity index (χ2v) is 7.99. The Morgan fingerprint density at radius 1 is 1.06 bits per heavy atom. The molecular weight excluding hydrogens is 406 g/mol. The molecule has 2 aromatic rings. The van der Waals surface area contributed by atoms with Crippen molar-refractivity contribution in [2.75, 3.05) is 20.2 Å². The van der Waals surface area contributed by atoms with Crippen LogP contribution in [0.25, 0.3) is 0 Å². The monoisotopic (exact) mass is 437 g/mol. The maximum absolute atomic E-state index is 13.5. The highest BCUT2D eigenvalue weighted by Gasteiger charge is 2.39. The number of carbonyl (C=O) groups excluding carboxylic acids is 3. The van der Waals surface area contributed by atoms with E-state index in [2.05, 4.69) is 10.1 Å². The summed E-state index contributed by atoms with van der Waals surface area (Å²) in [6, 6.07) is 18.1. The van der Waals surface area contributed by atoms with Crippen LogP contribution in [-0.2, 0) is 19.1 Å². The van der Waals surface area contributed by atoms with Gasteiger partial charge in [0.15, 0.2) is 0 Å². The van der Waals surface area contributed by atoms with Crippen molar-refractivity contribution in [3.8, 4) is 0 Å². The molecule has 0 spiro atoms. The molecule has 0 bridgehead atoms. The molecule has 1 saturated heterocycles. The van der Waals surface area contributed by atoms with Crippen LogP contribution in [0.5, 0.6) is 0 Å². The van der Waals surface area contributed by atoms with Crippen LogP contribution >= 0.6 is 0 Å². The molecule has 3 rings (SSSR count). The Balaban J connectivity index is 1.71. The minimum absolute atomic E-state index is 0.205. The van der Waals surface area contributed by atoms with Crippen molar-refractivity contribution in [2.45, 2.75) is 43.7 Å². The van der Waals surface area contributed by atoms with Gasteiger partial charge in [-0.1, -0.05) is 60.7 Å². The Bertz CT molecular complexity index is 864. The molecule has 170 valence electrons. The average molecular weight is 438 g/mol. The van der Waals surface area contributed by atoms with Crippen molar-refractivity contribution in [2.24, 2.45) is 5.73 Å². The quantitative estimate of drug-likeness (QED) is 0.463. The summed E-state index contributed by atoms with van der Waals surface area (Å²) in [6.07, 6.45) is 2.08. The number of amides is 2. The Labute approximate surface area is 188 Å². The Morgan fingerprint density at radius 2 is 1.66 bits per heavy atom. The zero-order chi connectivity index (χ0) is 22.9. The molecule has 0 saturated carbocycles. The van der Waals surface area contributed by atoms with Crippen molar-refractivity contribution >= 4 is 17.8 Å². The van der Waals surface area contributed by atoms with Crippen LogP contribution in [0.2, 0.25) is 0 Å². The van der Waals surface area contributed by atoms with E-state index in [1.807, 2.05) is 60.7 Å². The molecule has 1 aliphatic heterocycles. The lowest BCUT2D eigenvalue weighted by Crippen LogP contribution is -2.53. The topological polar surface area (TPSA) is 102 Å². The highest BCUT2D eigenvalue weighted by Crippen LogP contribution is 2.29. The molecular formula is C25H31N3O4. The number of methoxy groups -OCH3 is 1. The van der Waals surface area contributed by atoms with Crippen LogP contribution in [0.15, 0.2) is 60.7 Å². The standard InChI is InChI=1S/C25H31N3O4/c1-32-21(29)15-8-16-27-24(30)20-14-9-17-28(20)25(31)23(26)22(18-10-4-2-5-11-18)19-12-6-3-7-13-19/h2-7,10-13,20,22-23H,8-9,14-17,26H2,1H3,(H,27,30)/t20-,23+/m0/s1. The van der Waals surface area contributed by atoms with Gasteiger partial charge in [-0.15, -0.1) is 0 Å². The van der Waals surface area contributed by atoms with Gasteiger partial charge in [-0.05, 0) is 30.4 Å². The van der Waals surface area contributed by atoms with E-state index in [4.69, 9.17) is 5.73 Å². The van der Waals surface area contributed by atoms with Crippen molar-refractivity contribution in [3.05, 3.63) is 71.8 Å². The van der Waals surface area contributed by atoms with Crippen LogP contribution < -0.4 is 11.1 Å². The van der Waals surface area contributed by atoms with Gasteiger partial charge in [0.05, 0.1) is 13.2 Å². The Kier molecular flexibility index (Phi) is 8.39. The summed E-state index contributed by atoms with van der Waals surface area (Å²) in [5.74, 6) is -1.05. The average Bonchev–Trinajstić information content (AvgIpc) is 3.32. The number of hydrogen-bond acceptors (Lipinski definition) is 5. The first-order chi connectivity index (χ1) is 15.5. The van der Waals surface area contributed by atoms with Gasteiger partial charge < -0.3 is 20.7 Å². The van der Waals surface area contributed by atoms with Crippen LogP contribution in [0.1, 0.15) is 42.7 Å². The van der Waals surface area contributed by atoms with Gasteiger partial charge in [-0.25, -0.2) is 0 Å². The molecule has 1 heterocycles. The molecule has 0 aliphatic carbocycles. The zero-order valence-electron chi connectivity index (χ0n) is 18.4. The Morgan fingerprint density at radius 3 is 2.22 bits per heavy atom. The maximum Gasteiger partial charge on any atom is 0.305 e. The predicted molar refractivity (Wildman–Crippen MR) is 122 cm³/mol. The van der Waals surface area contributed by atoms with E-state index >= 15 is 0 Å². The summed E-state index contributed by atoms with van der Waals surface area (Å²) in [5.41, 5.74) is 8.49. The number of benzene rings is 2. The minimum atomic E-state index is -0.812. The number of likely N-dealkylation sites (tertiary alicyclic amines) is 1. The third-order valence-electron chi connectivity index (χ3n) is 5.88. The SMILES string of the molecule is COC(=O)CCCNC(=O)[C@@H]1CCCN1C(=O)[C@H](N)C(c1ccccc1)c1ccccc1. The smallest absolute Gasteiger partial charge is 0.305 e. The molecule has 2 amide bonds. The van der Waals surface area contributed by atoms with Crippen molar-refractivity contribution in [1.82, 2.24) is 10.2 Å². The van der Waals surface area contributed by atoms with Gasteiger partial charge in [0, 0.05) is 25.4 Å². The summed E-state index contributed by atoms with van der Waals surface area (Å²) in [5, 5.41) is 2.84. The van der Waals surface area contributed by atoms with Gasteiger partial charge in [0.25, 0.3) is 0 Å². The van der Waals surface area contributed by atoms with E-state index in [1.165, 1.54) is 7.11 Å². The molecule has 0 radical (unpaired) electrons. The first kappa shape index (κ1) is 23.5. The predicted octanol–water partition coefficient (Wildman–Crippen LogP) is 2.21. The fraction of sp³-hybridized carbons (Fsp3) is 0.400. The molecule has 3 N–H and O–H groups in total. The molecule has 1 aliphatic rings. The van der Waals surface area contributed by atoms with Crippen molar-refractivity contribution < 1.29 is 19.1 Å². The number of nitrogens with one attached hydrogen (secondary N) is 1. The highest BCUT2D eigenvalue weighted by atomic mass is 16.5. The number of rotatable bonds is 9. The van der Waals surface area contributed by atoms with E-state index in [-0.39, 0.29) is 30.1 Å². The van der Waals surface area contributed by atoms with Gasteiger partial charge in [0.1, 0.15) is 6.04 Å². The third kappa shape index (κ3) is 5.73. The van der Waals surface area contributed by atoms with Gasteiger partial charge >= 0.3 is 5.97 Å². The molecule has 7 nitrogen and oxygen atoms in total. The Hall–Kier alpha value is -3.19. The van der Waals surface area contributed by atoms with Crippen LogP contribution in [0.4, 0.5) is 0 Å². The minimum Gasteiger partial charge on any atom is -0.469 e. The lowest BCUT2D eigenvalue weighted by Gasteiger charge is -2.31. The van der Waals surface area contributed by atoms with Crippen LogP contribution in [-0.4, -0.2) is 55.0 Å². The number of nitrogens with zero attached hydrogens (tertiary/aromatic N) is 1. The van der Waals surface area contributed by atoms with Gasteiger partial charge in [-0.2, -0.15) is 0 Å². The van der Waals surface area contributed by atoms with Crippen LogP contribution in [0, 0.1) is 0 Å². The molecule has 0 aromatic heterocycles. The number of esters is 1. The van der Waals surface area contributed by atoms with Crippen LogP contribution in [0.3, 0.4) is 0 Å². The molecule has 0 unspecified atom stereocenters. The largest absolute Gasteiger partial charge is 0.469 e. The summed E-state index contributed by atoms with van der Waals surface area (Å²) < 4.78 is 4.61. The van der Waals surface area contributed by atoms with E-state index in [0.717, 1.165) is 17.5 Å². The second-order valence-electron chi connectivity index (χ2n) is 7.99. The normalized spacial score (nSPS) is 16.6. The summed E-state index contributed by atoms with van der Waals surface area (Å²) >= 11 is 0. The fourth-order valence-corrected chi connectivity index (χ4v) is 4.23. The third-order valence-corrected chi connectivity index (χ3v) is 5.88. The molecule has 2 aromatic carbocycles. The van der Waals surface area contributed by atoms with Gasteiger partial charge in [-0.3, -0.25) is 14.4 Å². The molecule has 32 heavy (non-hydrogen) atoms. The first-order valence-electron chi connectivity index (χ1n) is 11.0. The lowest BCUT2D eigenvalue weighted by atomic mass is 9.84. The maximum atomic E-state index is 13.5. The number of ether oxygens (including phenoxy) is 1. The molecule has 7 heteroatoms. The summed E-state index contributed by atoms with van der Waals surface area (Å²) in [4.78, 5) is 39.0. The van der Waals surface area contributed by atoms with E-state index < -0.39 is 12.1 Å². The lowest BCUT2D eigenvalue weighted by molar-refractivity contribution is -0.141. The first-order valence-corrected chi connectivity index (χ1v) is 11.0. The summed E-state index contributed by atoms with van der Waals surface area (Å²) in [6.45, 7) is 0.859. The van der Waals surface area contributed by atoms with Gasteiger partial charge in [0.2, 0.25) is 11.8 Å². The number of hydrogen-bond donors (Lipinski definition) is 2. The van der Waals surface area contributed by atoms with E-state index in [9.17, 15) is 14.4 Å². The van der Waals surface area contributed by atoms with Crippen molar-refractivity contribution in [3.63, 3.8) is 0 Å². The number of nitrogens with two attached hydrogens (primary N) is 1. The number of carbonyl (C=O) groups is 3. The second kappa shape index (κ2) is 11.4. The summed E-state index contributed by atoms with van der Waals surface area (Å²) in [7, 11) is 1.34. The highest BCUT2D eigenvalue weighted by molar-refractivity contribution is 5.91. The fourth-order valence-electron chi connectivity index (χ4n) is 4.23. The van der Waals surface area contributed by atoms with E-state index in [0.29, 0.717) is 25.9 Å². The molecule has 2 atom stereocenters.